The first-order valence-corrected chi connectivity index (χ1v) is 6.89. The Balaban J connectivity index is 2.03. The molecule has 17 heavy (non-hydrogen) atoms. The molecule has 0 unspecified atom stereocenters. The van der Waals surface area contributed by atoms with Crippen molar-refractivity contribution in [3.05, 3.63) is 17.5 Å². The molecule has 0 bridgehead atoms. The van der Waals surface area contributed by atoms with Gasteiger partial charge in [0.05, 0.1) is 12.7 Å². The van der Waals surface area contributed by atoms with Gasteiger partial charge in [-0.05, 0) is 27.2 Å². The van der Waals surface area contributed by atoms with Crippen LogP contribution in [0, 0.1) is 6.92 Å². The van der Waals surface area contributed by atoms with Gasteiger partial charge in [-0.1, -0.05) is 11.8 Å². The summed E-state index contributed by atoms with van der Waals surface area (Å²) in [4.78, 5) is 4.64. The third-order valence-corrected chi connectivity index (χ3v) is 4.05. The van der Waals surface area contributed by atoms with E-state index in [9.17, 15) is 0 Å². The van der Waals surface area contributed by atoms with Crippen LogP contribution in [0.25, 0.3) is 0 Å². The molecule has 0 amide bonds. The van der Waals surface area contributed by atoms with Gasteiger partial charge in [-0.3, -0.25) is 9.67 Å². The summed E-state index contributed by atoms with van der Waals surface area (Å²) in [5, 5.41) is 8.76. The van der Waals surface area contributed by atoms with E-state index in [4.69, 9.17) is 0 Å². The number of aryl methyl sites for hydroxylation is 1. The molecule has 94 valence electrons. The van der Waals surface area contributed by atoms with Crippen LogP contribution in [0.5, 0.6) is 0 Å². The molecule has 0 aromatic carbocycles. The van der Waals surface area contributed by atoms with Crippen molar-refractivity contribution in [2.24, 2.45) is 12.0 Å². The van der Waals surface area contributed by atoms with Gasteiger partial charge >= 0.3 is 0 Å². The number of amidine groups is 1. The minimum absolute atomic E-state index is 0.175. The summed E-state index contributed by atoms with van der Waals surface area (Å²) in [7, 11) is 1.96. The molecule has 5 heteroatoms. The molecule has 1 aromatic heterocycles. The molecular weight excluding hydrogens is 232 g/mol. The van der Waals surface area contributed by atoms with Crippen LogP contribution in [0.15, 0.2) is 11.2 Å². The molecule has 1 aliphatic rings. The van der Waals surface area contributed by atoms with Crippen molar-refractivity contribution in [2.45, 2.75) is 39.3 Å². The second kappa shape index (κ2) is 4.72. The van der Waals surface area contributed by atoms with E-state index in [1.165, 1.54) is 17.7 Å². The monoisotopic (exact) mass is 252 g/mol. The molecular formula is C12H20N4S. The highest BCUT2D eigenvalue weighted by molar-refractivity contribution is 8.13. The number of nitrogens with one attached hydrogen (secondary N) is 1. The lowest BCUT2D eigenvalue weighted by atomic mass is 10.0. The van der Waals surface area contributed by atoms with E-state index in [1.807, 2.05) is 29.7 Å². The molecule has 2 rings (SSSR count). The van der Waals surface area contributed by atoms with Crippen LogP contribution < -0.4 is 5.32 Å². The fraction of sp³-hybridized carbons (Fsp3) is 0.667. The Hall–Kier alpha value is -0.970. The first-order chi connectivity index (χ1) is 7.98. The van der Waals surface area contributed by atoms with Gasteiger partial charge in [0, 0.05) is 29.6 Å². The molecule has 2 heterocycles. The first kappa shape index (κ1) is 12.5. The van der Waals surface area contributed by atoms with Crippen LogP contribution in [-0.2, 0) is 13.6 Å². The quantitative estimate of drug-likeness (QED) is 0.876. The van der Waals surface area contributed by atoms with E-state index in [0.717, 1.165) is 10.9 Å². The smallest absolute Gasteiger partial charge is 0.157 e. The summed E-state index contributed by atoms with van der Waals surface area (Å²) in [6.07, 6.45) is 3.08. The highest BCUT2D eigenvalue weighted by atomic mass is 32.2. The summed E-state index contributed by atoms with van der Waals surface area (Å²) in [6, 6.07) is 0. The summed E-state index contributed by atoms with van der Waals surface area (Å²) in [5.74, 6) is 1.14. The van der Waals surface area contributed by atoms with Crippen LogP contribution in [0.4, 0.5) is 0 Å². The van der Waals surface area contributed by atoms with Crippen LogP contribution in [-0.4, -0.2) is 26.2 Å². The van der Waals surface area contributed by atoms with Crippen molar-refractivity contribution < 1.29 is 0 Å². The maximum Gasteiger partial charge on any atom is 0.157 e. The Morgan fingerprint density at radius 1 is 1.59 bits per heavy atom. The molecule has 0 atom stereocenters. The number of aliphatic imine (C=N–C) groups is 1. The van der Waals surface area contributed by atoms with E-state index in [-0.39, 0.29) is 5.54 Å². The summed E-state index contributed by atoms with van der Waals surface area (Å²) >= 11 is 1.81. The van der Waals surface area contributed by atoms with Crippen LogP contribution in [0.3, 0.4) is 0 Å². The highest BCUT2D eigenvalue weighted by Crippen LogP contribution is 2.22. The molecule has 0 saturated carbocycles. The Labute approximate surface area is 107 Å². The predicted octanol–water partition coefficient (Wildman–Crippen LogP) is 2.09. The van der Waals surface area contributed by atoms with Gasteiger partial charge in [-0.25, -0.2) is 0 Å². The molecule has 4 nitrogen and oxygen atoms in total. The van der Waals surface area contributed by atoms with Gasteiger partial charge < -0.3 is 5.32 Å². The zero-order valence-electron chi connectivity index (χ0n) is 10.9. The molecule has 1 saturated heterocycles. The van der Waals surface area contributed by atoms with Gasteiger partial charge in [0.2, 0.25) is 0 Å². The average Bonchev–Trinajstić information content (AvgIpc) is 2.56. The van der Waals surface area contributed by atoms with Crippen molar-refractivity contribution in [3.63, 3.8) is 0 Å². The maximum absolute atomic E-state index is 4.64. The van der Waals surface area contributed by atoms with Crippen molar-refractivity contribution in [1.29, 1.82) is 0 Å². The number of rotatable bonds is 2. The first-order valence-electron chi connectivity index (χ1n) is 5.91. The number of nitrogens with zero attached hydrogens (tertiary/aromatic N) is 3. The van der Waals surface area contributed by atoms with Gasteiger partial charge in [0.25, 0.3) is 0 Å². The van der Waals surface area contributed by atoms with Crippen LogP contribution in [0.2, 0.25) is 0 Å². The third kappa shape index (κ3) is 3.03. The molecule has 0 spiro atoms. The molecule has 0 aliphatic carbocycles. The zero-order valence-corrected chi connectivity index (χ0v) is 11.8. The third-order valence-electron chi connectivity index (χ3n) is 3.14. The number of hydrogen-bond acceptors (Lipinski definition) is 3. The van der Waals surface area contributed by atoms with Crippen molar-refractivity contribution in [3.8, 4) is 0 Å². The van der Waals surface area contributed by atoms with Gasteiger partial charge in [-0.15, -0.1) is 0 Å². The molecule has 1 aliphatic heterocycles. The Kier molecular flexibility index (Phi) is 3.47. The number of hydrogen-bond donors (Lipinski definition) is 1. The largest absolute Gasteiger partial charge is 0.360 e. The fourth-order valence-corrected chi connectivity index (χ4v) is 3.04. The van der Waals surface area contributed by atoms with Crippen LogP contribution >= 0.6 is 11.8 Å². The van der Waals surface area contributed by atoms with E-state index in [2.05, 4.69) is 36.2 Å². The summed E-state index contributed by atoms with van der Waals surface area (Å²) in [5.41, 5.74) is 2.56. The van der Waals surface area contributed by atoms with Gasteiger partial charge in [0.1, 0.15) is 0 Å². The Morgan fingerprint density at radius 2 is 2.35 bits per heavy atom. The fourth-order valence-electron chi connectivity index (χ4n) is 1.73. The SMILES string of the molecule is Cc1c(CN=C2NC(C)(C)CCS2)cnn1C. The van der Waals surface area contributed by atoms with E-state index in [1.54, 1.807) is 0 Å². The standard InChI is InChI=1S/C12H20N4S/c1-9-10(8-14-16(9)4)7-13-11-15-12(2,3)5-6-17-11/h8H,5-7H2,1-4H3,(H,13,15). The highest BCUT2D eigenvalue weighted by Gasteiger charge is 2.24. The van der Waals surface area contributed by atoms with Crippen molar-refractivity contribution in [2.75, 3.05) is 5.75 Å². The van der Waals surface area contributed by atoms with Crippen molar-refractivity contribution >= 4 is 16.9 Å². The second-order valence-electron chi connectivity index (χ2n) is 5.11. The molecule has 1 aromatic rings. The number of aromatic nitrogens is 2. The van der Waals surface area contributed by atoms with E-state index >= 15 is 0 Å². The van der Waals surface area contributed by atoms with E-state index < -0.39 is 0 Å². The summed E-state index contributed by atoms with van der Waals surface area (Å²) in [6.45, 7) is 7.23. The predicted molar refractivity (Wildman–Crippen MR) is 73.4 cm³/mol. The molecule has 1 N–H and O–H groups in total. The van der Waals surface area contributed by atoms with E-state index in [0.29, 0.717) is 6.54 Å². The van der Waals surface area contributed by atoms with Gasteiger partial charge in [-0.2, -0.15) is 5.10 Å². The van der Waals surface area contributed by atoms with Crippen molar-refractivity contribution in [1.82, 2.24) is 15.1 Å². The topological polar surface area (TPSA) is 42.2 Å². The Morgan fingerprint density at radius 3 is 2.94 bits per heavy atom. The zero-order chi connectivity index (χ0) is 12.5. The minimum atomic E-state index is 0.175. The van der Waals surface area contributed by atoms with Gasteiger partial charge in [0.15, 0.2) is 5.17 Å². The lowest BCUT2D eigenvalue weighted by Gasteiger charge is -2.32. The lowest BCUT2D eigenvalue weighted by Crippen LogP contribution is -2.46. The normalized spacial score (nSPS) is 21.5. The maximum atomic E-state index is 4.64. The number of thioether (sulfide) groups is 1. The second-order valence-corrected chi connectivity index (χ2v) is 6.19. The summed E-state index contributed by atoms with van der Waals surface area (Å²) < 4.78 is 1.89. The molecule has 0 radical (unpaired) electrons. The lowest BCUT2D eigenvalue weighted by molar-refractivity contribution is 0.446. The van der Waals surface area contributed by atoms with Crippen LogP contribution in [0.1, 0.15) is 31.5 Å². The Bertz CT molecular complexity index is 434. The molecule has 1 fully saturated rings. The average molecular weight is 252 g/mol. The minimum Gasteiger partial charge on any atom is -0.360 e.